The van der Waals surface area contributed by atoms with Crippen molar-refractivity contribution in [2.45, 2.75) is 52.7 Å². The highest BCUT2D eigenvalue weighted by Crippen LogP contribution is 2.14. The van der Waals surface area contributed by atoms with E-state index in [0.717, 1.165) is 0 Å². The minimum atomic E-state index is -0.685. The van der Waals surface area contributed by atoms with Crippen molar-refractivity contribution in [3.63, 3.8) is 0 Å². The maximum Gasteiger partial charge on any atom is 0.407 e. The molecular formula is C13H24ClNO4. The molecule has 2 unspecified atom stereocenters. The van der Waals surface area contributed by atoms with E-state index in [1.807, 2.05) is 13.8 Å². The summed E-state index contributed by atoms with van der Waals surface area (Å²) in [5.74, 6) is -0.847. The predicted octanol–water partition coefficient (Wildman–Crippen LogP) is 2.91. The van der Waals surface area contributed by atoms with E-state index < -0.39 is 29.1 Å². The van der Waals surface area contributed by atoms with Crippen LogP contribution in [0.2, 0.25) is 0 Å². The zero-order valence-corrected chi connectivity index (χ0v) is 13.2. The van der Waals surface area contributed by atoms with E-state index in [-0.39, 0.29) is 12.5 Å². The third kappa shape index (κ3) is 8.70. The molecule has 0 aliphatic rings. The Balaban J connectivity index is 4.37. The second-order valence-corrected chi connectivity index (χ2v) is 6.33. The van der Waals surface area contributed by atoms with E-state index in [2.05, 4.69) is 5.32 Å². The molecule has 112 valence electrons. The average Bonchev–Trinajstić information content (AvgIpc) is 2.12. The highest BCUT2D eigenvalue weighted by atomic mass is 35.5. The van der Waals surface area contributed by atoms with Gasteiger partial charge in [0.15, 0.2) is 5.56 Å². The summed E-state index contributed by atoms with van der Waals surface area (Å²) in [7, 11) is 0. The number of carbonyl (C=O) groups is 2. The summed E-state index contributed by atoms with van der Waals surface area (Å²) >= 11 is 5.62. The highest BCUT2D eigenvalue weighted by Gasteiger charge is 2.26. The fraction of sp³-hybridized carbons (Fsp3) is 0.846. The lowest BCUT2D eigenvalue weighted by Gasteiger charge is -2.23. The molecule has 6 heteroatoms. The minimum absolute atomic E-state index is 0.0258. The molecule has 0 saturated carbocycles. The largest absolute Gasteiger partial charge is 0.446 e. The molecule has 5 nitrogen and oxygen atoms in total. The van der Waals surface area contributed by atoms with Crippen LogP contribution in [0, 0.1) is 11.8 Å². The van der Waals surface area contributed by atoms with Crippen molar-refractivity contribution in [3.05, 3.63) is 0 Å². The number of nitrogens with one attached hydrogen (secondary N) is 1. The van der Waals surface area contributed by atoms with Crippen LogP contribution < -0.4 is 5.32 Å². The molecule has 0 radical (unpaired) electrons. The lowest BCUT2D eigenvalue weighted by atomic mass is 9.96. The molecule has 19 heavy (non-hydrogen) atoms. The molecule has 0 aliphatic heterocycles. The van der Waals surface area contributed by atoms with Crippen LogP contribution in [0.5, 0.6) is 0 Å². The molecule has 0 aromatic rings. The zero-order valence-electron chi connectivity index (χ0n) is 12.5. The number of hydrogen-bond donors (Lipinski definition) is 1. The summed E-state index contributed by atoms with van der Waals surface area (Å²) in [5, 5.41) is 2.57. The average molecular weight is 294 g/mol. The van der Waals surface area contributed by atoms with Gasteiger partial charge in [0.25, 0.3) is 0 Å². The Labute approximate surface area is 120 Å². The second-order valence-electron chi connectivity index (χ2n) is 5.71. The zero-order chi connectivity index (χ0) is 15.2. The number of ether oxygens (including phenoxy) is 2. The van der Waals surface area contributed by atoms with Crippen LogP contribution in [-0.4, -0.2) is 29.8 Å². The van der Waals surface area contributed by atoms with Crippen molar-refractivity contribution in [2.75, 3.05) is 6.54 Å². The normalized spacial score (nSPS) is 14.7. The van der Waals surface area contributed by atoms with Crippen LogP contribution in [0.15, 0.2) is 0 Å². The first-order valence-corrected chi connectivity index (χ1v) is 6.78. The molecule has 0 fully saturated rings. The lowest BCUT2D eigenvalue weighted by Crippen LogP contribution is -2.39. The van der Waals surface area contributed by atoms with E-state index in [1.165, 1.54) is 0 Å². The van der Waals surface area contributed by atoms with Crippen LogP contribution in [0.1, 0.15) is 41.5 Å². The topological polar surface area (TPSA) is 64.6 Å². The van der Waals surface area contributed by atoms with Crippen molar-refractivity contribution < 1.29 is 19.1 Å². The number of hydrogen-bond acceptors (Lipinski definition) is 4. The van der Waals surface area contributed by atoms with Gasteiger partial charge in [-0.05, 0) is 33.6 Å². The molecule has 0 heterocycles. The van der Waals surface area contributed by atoms with Crippen molar-refractivity contribution in [1.29, 1.82) is 0 Å². The number of rotatable bonds is 5. The van der Waals surface area contributed by atoms with Crippen LogP contribution >= 0.6 is 11.6 Å². The number of halogens is 1. The van der Waals surface area contributed by atoms with Crippen LogP contribution in [0.4, 0.5) is 4.79 Å². The second kappa shape index (κ2) is 7.58. The van der Waals surface area contributed by atoms with Gasteiger partial charge in [0.1, 0.15) is 5.60 Å². The van der Waals surface area contributed by atoms with E-state index in [9.17, 15) is 9.59 Å². The summed E-state index contributed by atoms with van der Waals surface area (Å²) in [5.41, 5.74) is -1.25. The first-order chi connectivity index (χ1) is 8.53. The van der Waals surface area contributed by atoms with E-state index in [4.69, 9.17) is 21.1 Å². The summed E-state index contributed by atoms with van der Waals surface area (Å²) < 4.78 is 10.0. The number of esters is 1. The molecule has 2 atom stereocenters. The van der Waals surface area contributed by atoms with E-state index in [0.29, 0.717) is 0 Å². The van der Waals surface area contributed by atoms with Crippen LogP contribution in [0.3, 0.4) is 0 Å². The van der Waals surface area contributed by atoms with Crippen molar-refractivity contribution in [1.82, 2.24) is 5.32 Å². The molecule has 0 saturated heterocycles. The first-order valence-electron chi connectivity index (χ1n) is 6.34. The number of alkyl halides is 1. The number of alkyl carbamates (subject to hydrolysis) is 1. The summed E-state index contributed by atoms with van der Waals surface area (Å²) in [6.07, 6.45) is -0.551. The highest BCUT2D eigenvalue weighted by molar-refractivity contribution is 6.20. The quantitative estimate of drug-likeness (QED) is 0.625. The SMILES string of the molecule is CC(Cl)OC(=O)C(CNC(=O)OC(C)(C)C)C(C)C. The number of carbonyl (C=O) groups excluding carboxylic acids is 2. The predicted molar refractivity (Wildman–Crippen MR) is 74.0 cm³/mol. The Morgan fingerprint density at radius 2 is 1.74 bits per heavy atom. The van der Waals surface area contributed by atoms with Crippen molar-refractivity contribution >= 4 is 23.7 Å². The minimum Gasteiger partial charge on any atom is -0.446 e. The van der Waals surface area contributed by atoms with Gasteiger partial charge in [-0.15, -0.1) is 0 Å². The maximum absolute atomic E-state index is 11.8. The first kappa shape index (κ1) is 18.0. The molecular weight excluding hydrogens is 270 g/mol. The lowest BCUT2D eigenvalue weighted by molar-refractivity contribution is -0.151. The van der Waals surface area contributed by atoms with Gasteiger partial charge in [0, 0.05) is 6.54 Å². The van der Waals surface area contributed by atoms with Gasteiger partial charge in [0.05, 0.1) is 5.92 Å². The standard InChI is InChI=1S/C13H24ClNO4/c1-8(2)10(11(16)18-9(3)14)7-15-12(17)19-13(4,5)6/h8-10H,7H2,1-6H3,(H,15,17). The van der Waals surface area contributed by atoms with Crippen molar-refractivity contribution in [2.24, 2.45) is 11.8 Å². The van der Waals surface area contributed by atoms with Gasteiger partial charge < -0.3 is 14.8 Å². The molecule has 0 aromatic carbocycles. The monoisotopic (exact) mass is 293 g/mol. The fourth-order valence-electron chi connectivity index (χ4n) is 1.35. The summed E-state index contributed by atoms with van der Waals surface area (Å²) in [6, 6.07) is 0. The Morgan fingerprint density at radius 1 is 1.21 bits per heavy atom. The Bertz CT molecular complexity index is 310. The Hall–Kier alpha value is -0.970. The van der Waals surface area contributed by atoms with Gasteiger partial charge >= 0.3 is 12.1 Å². The van der Waals surface area contributed by atoms with E-state index >= 15 is 0 Å². The molecule has 0 bridgehead atoms. The van der Waals surface area contributed by atoms with E-state index in [1.54, 1.807) is 27.7 Å². The van der Waals surface area contributed by atoms with Gasteiger partial charge in [-0.1, -0.05) is 25.4 Å². The molecule has 0 rings (SSSR count). The number of amides is 1. The molecule has 1 N–H and O–H groups in total. The molecule has 0 aliphatic carbocycles. The maximum atomic E-state index is 11.8. The third-order valence-electron chi connectivity index (χ3n) is 2.25. The van der Waals surface area contributed by atoms with Gasteiger partial charge in [0.2, 0.25) is 0 Å². The molecule has 0 spiro atoms. The summed E-state index contributed by atoms with van der Waals surface area (Å²) in [6.45, 7) is 10.8. The van der Waals surface area contributed by atoms with Gasteiger partial charge in [-0.3, -0.25) is 4.79 Å². The van der Waals surface area contributed by atoms with Crippen LogP contribution in [-0.2, 0) is 14.3 Å². The Kier molecular flexibility index (Phi) is 7.19. The Morgan fingerprint density at radius 3 is 2.11 bits per heavy atom. The fourth-order valence-corrected chi connectivity index (χ4v) is 1.43. The molecule has 1 amide bonds. The van der Waals surface area contributed by atoms with Gasteiger partial charge in [-0.2, -0.15) is 0 Å². The third-order valence-corrected chi connectivity index (χ3v) is 2.34. The summed E-state index contributed by atoms with van der Waals surface area (Å²) in [4.78, 5) is 23.3. The van der Waals surface area contributed by atoms with Crippen molar-refractivity contribution in [3.8, 4) is 0 Å². The smallest absolute Gasteiger partial charge is 0.407 e. The van der Waals surface area contributed by atoms with Gasteiger partial charge in [-0.25, -0.2) is 4.79 Å². The van der Waals surface area contributed by atoms with Crippen LogP contribution in [0.25, 0.3) is 0 Å². The molecule has 0 aromatic heterocycles.